The molecule has 2 aromatic rings. The second kappa shape index (κ2) is 6.29. The zero-order chi connectivity index (χ0) is 13.7. The van der Waals surface area contributed by atoms with Gasteiger partial charge in [0, 0.05) is 16.2 Å². The lowest BCUT2D eigenvalue weighted by Crippen LogP contribution is -2.09. The van der Waals surface area contributed by atoms with Crippen molar-refractivity contribution in [3.8, 4) is 0 Å². The molecule has 2 rings (SSSR count). The number of amides is 1. The first-order valence-electron chi connectivity index (χ1n) is 5.82. The summed E-state index contributed by atoms with van der Waals surface area (Å²) in [4.78, 5) is 15.9. The van der Waals surface area contributed by atoms with Gasteiger partial charge in [0.05, 0.1) is 0 Å². The molecule has 0 radical (unpaired) electrons. The molecule has 19 heavy (non-hydrogen) atoms. The zero-order valence-electron chi connectivity index (χ0n) is 10.4. The number of hydrogen-bond acceptors (Lipinski definition) is 2. The number of aryl methyl sites for hydroxylation is 1. The summed E-state index contributed by atoms with van der Waals surface area (Å²) in [7, 11) is 0. The molecule has 0 aliphatic heterocycles. The smallest absolute Gasteiger partial charge is 0.249 e. The molecule has 1 aromatic heterocycles. The molecule has 1 amide bonds. The van der Waals surface area contributed by atoms with Crippen LogP contribution >= 0.6 is 15.9 Å². The number of halogens is 1. The van der Waals surface area contributed by atoms with Crippen LogP contribution in [-0.4, -0.2) is 10.9 Å². The Hall–Kier alpha value is -1.94. The summed E-state index contributed by atoms with van der Waals surface area (Å²) in [5.41, 5.74) is 1.84. The number of aromatic nitrogens is 1. The first-order valence-corrected chi connectivity index (χ1v) is 6.61. The number of rotatable bonds is 3. The van der Waals surface area contributed by atoms with Crippen molar-refractivity contribution in [2.75, 3.05) is 5.32 Å². The average molecular weight is 317 g/mol. The highest BCUT2D eigenvalue weighted by atomic mass is 79.9. The number of nitrogens with zero attached hydrogens (tertiary/aromatic N) is 1. The molecule has 0 spiro atoms. The fourth-order valence-electron chi connectivity index (χ4n) is 1.53. The van der Waals surface area contributed by atoms with E-state index in [1.54, 1.807) is 12.1 Å². The lowest BCUT2D eigenvalue weighted by Gasteiger charge is -2.01. The second-order valence-corrected chi connectivity index (χ2v) is 4.95. The highest BCUT2D eigenvalue weighted by molar-refractivity contribution is 9.10. The van der Waals surface area contributed by atoms with Gasteiger partial charge in [-0.1, -0.05) is 34.1 Å². The Balaban J connectivity index is 1.99. The number of benzene rings is 1. The maximum Gasteiger partial charge on any atom is 0.249 e. The van der Waals surface area contributed by atoms with Gasteiger partial charge >= 0.3 is 0 Å². The highest BCUT2D eigenvalue weighted by Crippen LogP contribution is 2.11. The molecule has 0 bridgehead atoms. The third kappa shape index (κ3) is 4.34. The van der Waals surface area contributed by atoms with Crippen LogP contribution in [0.2, 0.25) is 0 Å². The predicted molar refractivity (Wildman–Crippen MR) is 80.8 cm³/mol. The van der Waals surface area contributed by atoms with Crippen LogP contribution in [-0.2, 0) is 4.79 Å². The standard InChI is InChI=1S/C15H13BrN2O/c1-11-3-2-4-14(17-11)18-15(19)10-7-12-5-8-13(16)9-6-12/h2-10H,1H3,(H,17,18,19)/b10-7+. The van der Waals surface area contributed by atoms with Crippen LogP contribution in [0.5, 0.6) is 0 Å². The number of carbonyl (C=O) groups is 1. The van der Waals surface area contributed by atoms with E-state index >= 15 is 0 Å². The van der Waals surface area contributed by atoms with E-state index in [4.69, 9.17) is 0 Å². The summed E-state index contributed by atoms with van der Waals surface area (Å²) in [6.07, 6.45) is 3.25. The Labute approximate surface area is 120 Å². The fourth-order valence-corrected chi connectivity index (χ4v) is 1.79. The topological polar surface area (TPSA) is 42.0 Å². The first kappa shape index (κ1) is 13.5. The summed E-state index contributed by atoms with van der Waals surface area (Å²) in [5, 5.41) is 2.72. The van der Waals surface area contributed by atoms with E-state index in [2.05, 4.69) is 26.2 Å². The highest BCUT2D eigenvalue weighted by Gasteiger charge is 1.98. The minimum absolute atomic E-state index is 0.194. The van der Waals surface area contributed by atoms with Gasteiger partial charge in [-0.3, -0.25) is 4.79 Å². The maximum atomic E-state index is 11.7. The van der Waals surface area contributed by atoms with Gasteiger partial charge in [-0.2, -0.15) is 0 Å². The van der Waals surface area contributed by atoms with Crippen LogP contribution in [0.3, 0.4) is 0 Å². The van der Waals surface area contributed by atoms with E-state index < -0.39 is 0 Å². The molecular weight excluding hydrogens is 304 g/mol. The first-order chi connectivity index (χ1) is 9.13. The summed E-state index contributed by atoms with van der Waals surface area (Å²) >= 11 is 3.36. The molecule has 0 aliphatic rings. The van der Waals surface area contributed by atoms with Crippen LogP contribution in [0.1, 0.15) is 11.3 Å². The van der Waals surface area contributed by atoms with Crippen molar-refractivity contribution in [2.24, 2.45) is 0 Å². The monoisotopic (exact) mass is 316 g/mol. The molecule has 4 heteroatoms. The Morgan fingerprint density at radius 3 is 2.63 bits per heavy atom. The van der Waals surface area contributed by atoms with E-state index in [0.29, 0.717) is 5.82 Å². The number of nitrogens with one attached hydrogen (secondary N) is 1. The Kier molecular flexibility index (Phi) is 4.47. The summed E-state index contributed by atoms with van der Waals surface area (Å²) in [6, 6.07) is 13.2. The quantitative estimate of drug-likeness (QED) is 0.875. The van der Waals surface area contributed by atoms with Crippen molar-refractivity contribution < 1.29 is 4.79 Å². The SMILES string of the molecule is Cc1cccc(NC(=O)/C=C/c2ccc(Br)cc2)n1. The summed E-state index contributed by atoms with van der Waals surface area (Å²) < 4.78 is 1.01. The largest absolute Gasteiger partial charge is 0.307 e. The van der Waals surface area contributed by atoms with E-state index in [1.165, 1.54) is 6.08 Å². The molecule has 1 heterocycles. The zero-order valence-corrected chi connectivity index (χ0v) is 12.0. The molecule has 0 fully saturated rings. The molecule has 0 aliphatic carbocycles. The molecule has 0 saturated heterocycles. The maximum absolute atomic E-state index is 11.7. The van der Waals surface area contributed by atoms with Gasteiger partial charge in [0.2, 0.25) is 5.91 Å². The fraction of sp³-hybridized carbons (Fsp3) is 0.0667. The molecular formula is C15H13BrN2O. The molecule has 3 nitrogen and oxygen atoms in total. The summed E-state index contributed by atoms with van der Waals surface area (Å²) in [6.45, 7) is 1.88. The Morgan fingerprint density at radius 2 is 1.95 bits per heavy atom. The van der Waals surface area contributed by atoms with Crippen LogP contribution < -0.4 is 5.32 Å². The number of hydrogen-bond donors (Lipinski definition) is 1. The van der Waals surface area contributed by atoms with E-state index in [0.717, 1.165) is 15.7 Å². The molecule has 1 aromatic carbocycles. The van der Waals surface area contributed by atoms with Crippen molar-refractivity contribution >= 4 is 33.7 Å². The molecule has 0 saturated carbocycles. The molecule has 0 atom stereocenters. The van der Waals surface area contributed by atoms with E-state index in [9.17, 15) is 4.79 Å². The van der Waals surface area contributed by atoms with Crippen molar-refractivity contribution in [3.05, 3.63) is 64.3 Å². The van der Waals surface area contributed by atoms with E-state index in [-0.39, 0.29) is 5.91 Å². The predicted octanol–water partition coefficient (Wildman–Crippen LogP) is 3.80. The number of anilines is 1. The van der Waals surface area contributed by atoms with Crippen molar-refractivity contribution in [3.63, 3.8) is 0 Å². The third-order valence-electron chi connectivity index (χ3n) is 2.44. The van der Waals surface area contributed by atoms with E-state index in [1.807, 2.05) is 43.3 Å². The minimum atomic E-state index is -0.194. The Morgan fingerprint density at radius 1 is 1.21 bits per heavy atom. The van der Waals surface area contributed by atoms with Crippen LogP contribution in [0, 0.1) is 6.92 Å². The molecule has 1 N–H and O–H groups in total. The average Bonchev–Trinajstić information content (AvgIpc) is 2.38. The van der Waals surface area contributed by atoms with Gasteiger partial charge < -0.3 is 5.32 Å². The van der Waals surface area contributed by atoms with Gasteiger partial charge in [-0.05, 0) is 42.8 Å². The lowest BCUT2D eigenvalue weighted by atomic mass is 10.2. The third-order valence-corrected chi connectivity index (χ3v) is 2.97. The number of pyridine rings is 1. The van der Waals surface area contributed by atoms with Gasteiger partial charge in [-0.25, -0.2) is 4.98 Å². The van der Waals surface area contributed by atoms with Gasteiger partial charge in [0.25, 0.3) is 0 Å². The molecule has 96 valence electrons. The minimum Gasteiger partial charge on any atom is -0.307 e. The van der Waals surface area contributed by atoms with Crippen LogP contribution in [0.4, 0.5) is 5.82 Å². The second-order valence-electron chi connectivity index (χ2n) is 4.04. The normalized spacial score (nSPS) is 10.6. The van der Waals surface area contributed by atoms with Crippen molar-refractivity contribution in [1.29, 1.82) is 0 Å². The van der Waals surface area contributed by atoms with Gasteiger partial charge in [-0.15, -0.1) is 0 Å². The van der Waals surface area contributed by atoms with Gasteiger partial charge in [0.15, 0.2) is 0 Å². The number of carbonyl (C=O) groups excluding carboxylic acids is 1. The Bertz CT molecular complexity index is 606. The molecule has 0 unspecified atom stereocenters. The van der Waals surface area contributed by atoms with Crippen molar-refractivity contribution in [2.45, 2.75) is 6.92 Å². The van der Waals surface area contributed by atoms with Crippen LogP contribution in [0.25, 0.3) is 6.08 Å². The lowest BCUT2D eigenvalue weighted by molar-refractivity contribution is -0.111. The summed E-state index contributed by atoms with van der Waals surface area (Å²) in [5.74, 6) is 0.367. The van der Waals surface area contributed by atoms with Gasteiger partial charge in [0.1, 0.15) is 5.82 Å². The van der Waals surface area contributed by atoms with Crippen molar-refractivity contribution in [1.82, 2.24) is 4.98 Å². The van der Waals surface area contributed by atoms with Crippen LogP contribution in [0.15, 0.2) is 53.0 Å².